The maximum absolute atomic E-state index is 13.3. The first-order chi connectivity index (χ1) is 13.9. The van der Waals surface area contributed by atoms with Crippen LogP contribution in [0.5, 0.6) is 0 Å². The Balaban J connectivity index is 1.38. The van der Waals surface area contributed by atoms with Gasteiger partial charge in [0.1, 0.15) is 0 Å². The second-order valence-corrected chi connectivity index (χ2v) is 10.8. The van der Waals surface area contributed by atoms with Crippen LogP contribution in [0.15, 0.2) is 42.2 Å². The Morgan fingerprint density at radius 1 is 1.07 bits per heavy atom. The predicted octanol–water partition coefficient (Wildman–Crippen LogP) is 4.48. The van der Waals surface area contributed by atoms with E-state index in [2.05, 4.69) is 19.9 Å². The van der Waals surface area contributed by atoms with Crippen molar-refractivity contribution in [3.63, 3.8) is 0 Å². The molecule has 4 aliphatic rings. The number of nitrogens with zero attached hydrogens (tertiary/aromatic N) is 1. The monoisotopic (exact) mass is 394 g/mol. The highest BCUT2D eigenvalue weighted by Gasteiger charge is 2.59. The summed E-state index contributed by atoms with van der Waals surface area (Å²) in [6.07, 6.45) is 15.3. The number of ketones is 1. The van der Waals surface area contributed by atoms with Crippen molar-refractivity contribution in [3.05, 3.63) is 42.2 Å². The van der Waals surface area contributed by atoms with E-state index in [1.165, 1.54) is 24.8 Å². The molecule has 3 nitrogen and oxygen atoms in total. The molecule has 29 heavy (non-hydrogen) atoms. The van der Waals surface area contributed by atoms with Gasteiger partial charge < -0.3 is 5.11 Å². The van der Waals surface area contributed by atoms with Crippen molar-refractivity contribution in [1.29, 1.82) is 0 Å². The molecule has 3 heteroatoms. The predicted molar refractivity (Wildman–Crippen MR) is 113 cm³/mol. The van der Waals surface area contributed by atoms with E-state index in [4.69, 9.17) is 0 Å². The molecule has 1 aromatic rings. The Morgan fingerprint density at radius 2 is 1.86 bits per heavy atom. The summed E-state index contributed by atoms with van der Waals surface area (Å²) in [7, 11) is 0. The molecule has 156 valence electrons. The fourth-order valence-electron chi connectivity index (χ4n) is 8.00. The maximum atomic E-state index is 13.3. The molecule has 1 heterocycles. The number of fused-ring (bicyclic) bond motifs is 5. The lowest BCUT2D eigenvalue weighted by Crippen LogP contribution is -2.51. The molecular weight excluding hydrogens is 358 g/mol. The number of allylic oxidation sites excluding steroid dienone is 1. The normalized spacial score (nSPS) is 43.7. The molecular formula is C26H36NO2+. The van der Waals surface area contributed by atoms with E-state index in [-0.39, 0.29) is 22.9 Å². The van der Waals surface area contributed by atoms with Crippen molar-refractivity contribution >= 4 is 5.78 Å². The van der Waals surface area contributed by atoms with E-state index in [1.54, 1.807) is 0 Å². The minimum Gasteiger partial charge on any atom is -0.393 e. The van der Waals surface area contributed by atoms with E-state index in [0.29, 0.717) is 18.2 Å². The van der Waals surface area contributed by atoms with Gasteiger partial charge in [-0.3, -0.25) is 4.79 Å². The van der Waals surface area contributed by atoms with Gasteiger partial charge in [-0.25, -0.2) is 0 Å². The zero-order chi connectivity index (χ0) is 20.2. The quantitative estimate of drug-likeness (QED) is 0.606. The second kappa shape index (κ2) is 7.04. The van der Waals surface area contributed by atoms with Crippen LogP contribution in [0.4, 0.5) is 0 Å². The van der Waals surface area contributed by atoms with Gasteiger partial charge in [0.2, 0.25) is 12.3 Å². The number of rotatable bonds is 3. The fraction of sp³-hybridized carbons (Fsp3) is 0.692. The lowest BCUT2D eigenvalue weighted by molar-refractivity contribution is -0.684. The van der Waals surface area contributed by atoms with Crippen LogP contribution >= 0.6 is 0 Å². The smallest absolute Gasteiger partial charge is 0.206 e. The number of hydrogen-bond acceptors (Lipinski definition) is 2. The summed E-state index contributed by atoms with van der Waals surface area (Å²) >= 11 is 0. The van der Waals surface area contributed by atoms with Crippen LogP contribution in [0.3, 0.4) is 0 Å². The van der Waals surface area contributed by atoms with Gasteiger partial charge >= 0.3 is 0 Å². The topological polar surface area (TPSA) is 41.2 Å². The molecule has 3 saturated carbocycles. The van der Waals surface area contributed by atoms with Crippen LogP contribution in [-0.4, -0.2) is 17.0 Å². The van der Waals surface area contributed by atoms with Crippen LogP contribution in [0.25, 0.3) is 0 Å². The molecule has 0 amide bonds. The van der Waals surface area contributed by atoms with Crippen molar-refractivity contribution in [2.45, 2.75) is 77.9 Å². The van der Waals surface area contributed by atoms with Gasteiger partial charge in [0.05, 0.1) is 6.10 Å². The molecule has 0 bridgehead atoms. The maximum Gasteiger partial charge on any atom is 0.206 e. The average Bonchev–Trinajstić information content (AvgIpc) is 3.06. The molecule has 5 rings (SSSR count). The van der Waals surface area contributed by atoms with E-state index < -0.39 is 0 Å². The Bertz CT molecular complexity index is 817. The molecule has 1 N–H and O–H groups in total. The molecule has 0 aliphatic heterocycles. The van der Waals surface area contributed by atoms with Crippen molar-refractivity contribution in [3.8, 4) is 0 Å². The van der Waals surface area contributed by atoms with Gasteiger partial charge in [0.25, 0.3) is 0 Å². The fourth-order valence-corrected chi connectivity index (χ4v) is 8.00. The number of carbonyl (C=O) groups is 1. The lowest BCUT2D eigenvalue weighted by atomic mass is 9.47. The van der Waals surface area contributed by atoms with E-state index in [0.717, 1.165) is 43.9 Å². The summed E-state index contributed by atoms with van der Waals surface area (Å²) < 4.78 is 2.04. The molecule has 0 radical (unpaired) electrons. The minimum absolute atomic E-state index is 0.135. The van der Waals surface area contributed by atoms with Crippen molar-refractivity contribution in [2.75, 3.05) is 0 Å². The van der Waals surface area contributed by atoms with E-state index >= 15 is 0 Å². The van der Waals surface area contributed by atoms with Crippen LogP contribution in [0.1, 0.15) is 65.2 Å². The van der Waals surface area contributed by atoms with Gasteiger partial charge in [-0.1, -0.05) is 31.6 Å². The van der Waals surface area contributed by atoms with Gasteiger partial charge in [0, 0.05) is 18.1 Å². The Morgan fingerprint density at radius 3 is 2.66 bits per heavy atom. The third-order valence-corrected chi connectivity index (χ3v) is 9.58. The molecule has 0 spiro atoms. The SMILES string of the molecule is C[C@@]12CC[C@@H]3[C@H](CC=C4C[C@H](O)CC[C@@]43C)[C@H]1CC[C@H]2C(=O)C[n+]1ccccc1. The summed E-state index contributed by atoms with van der Waals surface area (Å²) in [5, 5.41) is 10.2. The number of aliphatic hydroxyl groups is 1. The third-order valence-electron chi connectivity index (χ3n) is 9.58. The molecule has 4 aliphatic carbocycles. The van der Waals surface area contributed by atoms with Crippen LogP contribution in [0, 0.1) is 34.5 Å². The Hall–Kier alpha value is -1.48. The van der Waals surface area contributed by atoms with Crippen LogP contribution in [0.2, 0.25) is 0 Å². The number of carbonyl (C=O) groups excluding carboxylic acids is 1. The molecule has 0 aromatic carbocycles. The number of hydrogen-bond donors (Lipinski definition) is 1. The Labute approximate surface area is 175 Å². The highest BCUT2D eigenvalue weighted by Crippen LogP contribution is 2.66. The molecule has 0 saturated heterocycles. The van der Waals surface area contributed by atoms with Crippen molar-refractivity contribution < 1.29 is 14.5 Å². The third kappa shape index (κ3) is 3.03. The standard InChI is InChI=1S/C26H36NO2/c1-25-12-10-19(28)16-18(25)6-7-20-21-8-9-23(26(21,2)13-11-22(20)25)24(29)17-27-14-4-3-5-15-27/h3-6,14-15,19-23,28H,7-13,16-17H2,1-2H3/q+1/t19-,20-,21-,22-,23+,25+,26-/m1/s1. The lowest BCUT2D eigenvalue weighted by Gasteiger charge is -2.57. The highest BCUT2D eigenvalue weighted by atomic mass is 16.3. The summed E-state index contributed by atoms with van der Waals surface area (Å²) in [5.74, 6) is 2.79. The number of pyridine rings is 1. The van der Waals surface area contributed by atoms with Crippen molar-refractivity contribution in [1.82, 2.24) is 0 Å². The van der Waals surface area contributed by atoms with Crippen LogP contribution in [-0.2, 0) is 11.3 Å². The first-order valence-electron chi connectivity index (χ1n) is 11.8. The number of Topliss-reactive ketones (excluding diaryl/α,β-unsaturated/α-hetero) is 1. The van der Waals surface area contributed by atoms with E-state index in [1.807, 2.05) is 35.2 Å². The molecule has 1 aromatic heterocycles. The minimum atomic E-state index is -0.135. The van der Waals surface area contributed by atoms with Gasteiger partial charge in [-0.2, -0.15) is 4.57 Å². The highest BCUT2D eigenvalue weighted by molar-refractivity contribution is 5.81. The summed E-state index contributed by atoms with van der Waals surface area (Å²) in [5.41, 5.74) is 1.99. The number of aliphatic hydroxyl groups excluding tert-OH is 1. The average molecular weight is 395 g/mol. The van der Waals surface area contributed by atoms with Gasteiger partial charge in [-0.05, 0) is 80.0 Å². The van der Waals surface area contributed by atoms with Crippen molar-refractivity contribution in [2.24, 2.45) is 34.5 Å². The van der Waals surface area contributed by atoms with E-state index in [9.17, 15) is 9.90 Å². The second-order valence-electron chi connectivity index (χ2n) is 10.8. The van der Waals surface area contributed by atoms with Crippen LogP contribution < -0.4 is 4.57 Å². The first kappa shape index (κ1) is 19.5. The first-order valence-corrected chi connectivity index (χ1v) is 11.8. The van der Waals surface area contributed by atoms with Gasteiger partial charge in [0.15, 0.2) is 12.4 Å². The largest absolute Gasteiger partial charge is 0.393 e. The Kier molecular flexibility index (Phi) is 4.73. The van der Waals surface area contributed by atoms with Gasteiger partial charge in [-0.15, -0.1) is 0 Å². The summed E-state index contributed by atoms with van der Waals surface area (Å²) in [6.45, 7) is 5.43. The molecule has 3 fully saturated rings. The zero-order valence-corrected chi connectivity index (χ0v) is 18.0. The zero-order valence-electron chi connectivity index (χ0n) is 18.0. The molecule has 0 unspecified atom stereocenters. The number of aromatic nitrogens is 1. The summed E-state index contributed by atoms with van der Waals surface area (Å²) in [4.78, 5) is 13.3. The summed E-state index contributed by atoms with van der Waals surface area (Å²) in [6, 6.07) is 6.02. The molecule has 7 atom stereocenters.